The van der Waals surface area contributed by atoms with E-state index in [4.69, 9.17) is 0 Å². The second kappa shape index (κ2) is 31.2. The molecular formula is C132H84B2N10. The molecule has 0 saturated heterocycles. The molecule has 0 amide bonds. The Morgan fingerprint density at radius 2 is 0.382 bits per heavy atom. The van der Waals surface area contributed by atoms with Gasteiger partial charge in [-0.05, 0) is 239 Å². The van der Waals surface area contributed by atoms with Gasteiger partial charge in [-0.2, -0.15) is 0 Å². The van der Waals surface area contributed by atoms with Gasteiger partial charge in [0.15, 0.2) is 0 Å². The minimum Gasteiger partial charge on any atom is -0.311 e. The van der Waals surface area contributed by atoms with E-state index in [0.717, 1.165) is 90.3 Å². The van der Waals surface area contributed by atoms with Crippen molar-refractivity contribution in [3.8, 4) is 34.1 Å². The molecule has 0 spiro atoms. The maximum atomic E-state index is 2.59. The van der Waals surface area contributed by atoms with Crippen LogP contribution in [0.1, 0.15) is 0 Å². The predicted molar refractivity (Wildman–Crippen MR) is 607 cm³/mol. The maximum absolute atomic E-state index is 2.59. The van der Waals surface area contributed by atoms with Crippen LogP contribution in [-0.4, -0.2) is 40.8 Å². The van der Waals surface area contributed by atoms with E-state index < -0.39 is 0 Å². The van der Waals surface area contributed by atoms with Crippen LogP contribution in [0, 0.1) is 0 Å². The van der Waals surface area contributed by atoms with Gasteiger partial charge < -0.3 is 47.0 Å². The fourth-order valence-corrected chi connectivity index (χ4v) is 25.3. The van der Waals surface area contributed by atoms with Crippen LogP contribution in [0.5, 0.6) is 0 Å². The smallest absolute Gasteiger partial charge is 0.252 e. The number of para-hydroxylation sites is 14. The predicted octanol–water partition coefficient (Wildman–Crippen LogP) is 30.1. The van der Waals surface area contributed by atoms with Gasteiger partial charge in [0.2, 0.25) is 0 Å². The van der Waals surface area contributed by atoms with Gasteiger partial charge in [0.05, 0.1) is 66.2 Å². The van der Waals surface area contributed by atoms with Gasteiger partial charge in [-0.3, -0.25) is 0 Å². The number of hydrogen-bond donors (Lipinski definition) is 0. The van der Waals surface area contributed by atoms with Crippen LogP contribution in [0.4, 0.5) is 68.2 Å². The monoisotopic (exact) mass is 1830 g/mol. The summed E-state index contributed by atoms with van der Waals surface area (Å²) in [4.78, 5) is 9.88. The largest absolute Gasteiger partial charge is 0.311 e. The van der Waals surface area contributed by atoms with Crippen LogP contribution >= 0.6 is 0 Å². The normalized spacial score (nSPS) is 12.7. The summed E-state index contributed by atoms with van der Waals surface area (Å²) in [6.07, 6.45) is 0. The molecule has 22 aromatic carbocycles. The molecule has 0 N–H and O–H groups in total. The molecule has 0 atom stereocenters. The number of hydrogen-bond acceptors (Lipinski definition) is 4. The third-order valence-corrected chi connectivity index (χ3v) is 31.1. The number of aromatic nitrogens is 6. The molecule has 0 fully saturated rings. The molecular weight excluding hydrogens is 1750 g/mol. The summed E-state index contributed by atoms with van der Waals surface area (Å²) >= 11 is 0. The Labute approximate surface area is 830 Å². The lowest BCUT2D eigenvalue weighted by molar-refractivity contribution is 1.17. The fourth-order valence-electron chi connectivity index (χ4n) is 25.3. The molecule has 0 saturated carbocycles. The van der Waals surface area contributed by atoms with E-state index >= 15 is 0 Å². The topological polar surface area (TPSA) is 42.5 Å². The molecule has 10 nitrogen and oxygen atoms in total. The number of rotatable bonds is 12. The number of anilines is 12. The molecule has 32 rings (SSSR count). The minimum atomic E-state index is -0.000277. The average Bonchev–Trinajstić information content (AvgIpc) is 1.45. The van der Waals surface area contributed by atoms with Crippen LogP contribution in [0.15, 0.2) is 510 Å². The molecule has 4 aliphatic heterocycles. The SMILES string of the molecule is c1ccc(N(c2ccc3c4ccccc4n(-c4ccccc4)c3c2)c2ccc3c4ccc(N(c5ccccc5)c5ccc6c7ccccc7n(-c7ccccc7)c6c5)cc4n(-c4ccccc4)c3c2)cc1.c1ccc(N2c3cc4c(cc3B3c5ccccc5-n5c6ccccc6c6ccc2c3c65)c2cc3c(cc2n4-c2ccccc2)N(c2ccccc2)c2ccc4c5ccccc5n5c4c2B3c2ccccc2-5)cc1. The van der Waals surface area contributed by atoms with Crippen LogP contribution in [-0.2, 0) is 0 Å². The summed E-state index contributed by atoms with van der Waals surface area (Å²) in [6.45, 7) is -0.000555. The zero-order valence-electron chi connectivity index (χ0n) is 78.1. The van der Waals surface area contributed by atoms with E-state index in [9.17, 15) is 0 Å². The Kier molecular flexibility index (Phi) is 17.3. The number of benzene rings is 22. The third kappa shape index (κ3) is 11.6. The summed E-state index contributed by atoms with van der Waals surface area (Å²) in [7, 11) is 0. The highest BCUT2D eigenvalue weighted by atomic mass is 15.2. The van der Waals surface area contributed by atoms with Gasteiger partial charge in [-0.15, -0.1) is 0 Å². The molecule has 0 bridgehead atoms. The quantitative estimate of drug-likeness (QED) is 0.114. The Morgan fingerprint density at radius 1 is 0.139 bits per heavy atom. The lowest BCUT2D eigenvalue weighted by Gasteiger charge is -2.40. The van der Waals surface area contributed by atoms with E-state index in [-0.39, 0.29) is 13.4 Å². The van der Waals surface area contributed by atoms with Gasteiger partial charge in [-0.1, -0.05) is 303 Å². The maximum Gasteiger partial charge on any atom is 0.252 e. The van der Waals surface area contributed by atoms with E-state index in [2.05, 4.69) is 557 Å². The van der Waals surface area contributed by atoms with E-state index in [1.807, 2.05) is 0 Å². The molecule has 4 aliphatic rings. The van der Waals surface area contributed by atoms with Crippen LogP contribution in [0.3, 0.4) is 0 Å². The van der Waals surface area contributed by atoms with Crippen molar-refractivity contribution < 1.29 is 0 Å². The molecule has 0 radical (unpaired) electrons. The second-order valence-corrected chi connectivity index (χ2v) is 38.5. The Hall–Kier alpha value is -19.0. The summed E-state index contributed by atoms with van der Waals surface area (Å²) in [5, 5.41) is 14.9. The fraction of sp³-hybridized carbons (Fsp3) is 0. The first-order valence-electron chi connectivity index (χ1n) is 49.8. The van der Waals surface area contributed by atoms with Gasteiger partial charge in [0.1, 0.15) is 0 Å². The molecule has 0 unspecified atom stereocenters. The standard InChI is InChI=1S/C66H39B2N5.C66H45N5/c1-4-18-40(19-5-1)69-57-34-32-45-43-24-10-14-28-53(43)72-55-30-16-12-26-49(55)67(63(57)65(45)72)51-36-47-48-37-52-62(39-60(48)71(59(47)38-61(51)69)42-22-8-3-9-23-42)70(41-20-6-2-7-21-41)58-35-33-46-44-25-11-15-29-54(44)73-56-31-17-13-27-50(56)68(52)64(58)66(46)73;1-6-20-46(21-7-1)67(51-34-38-57-55-30-16-18-32-61(55)69(63(57)42-51)48-24-10-3-11-25-48)53-36-40-59-60-41-37-54(45-66(60)71(65(59)44-53)50-28-14-5-15-29-50)68(47-22-8-2-9-23-47)52-35-39-58-56-31-17-19-33-62(56)70(64(58)43-52)49-26-12-4-13-27-49/h1-39H;1-45H. The van der Waals surface area contributed by atoms with Crippen LogP contribution < -0.4 is 52.4 Å². The van der Waals surface area contributed by atoms with E-state index in [0.29, 0.717) is 0 Å². The average molecular weight is 1830 g/mol. The summed E-state index contributed by atoms with van der Waals surface area (Å²) in [6, 6.07) is 188. The minimum absolute atomic E-state index is 0.000277. The van der Waals surface area contributed by atoms with Crippen molar-refractivity contribution in [3.63, 3.8) is 0 Å². The van der Waals surface area contributed by atoms with Crippen molar-refractivity contribution in [3.05, 3.63) is 510 Å². The van der Waals surface area contributed by atoms with Crippen molar-refractivity contribution in [2.24, 2.45) is 0 Å². The summed E-state index contributed by atoms with van der Waals surface area (Å²) < 4.78 is 14.9. The Bertz CT molecular complexity index is 9660. The van der Waals surface area contributed by atoms with Gasteiger partial charge in [0.25, 0.3) is 13.4 Å². The first-order chi connectivity index (χ1) is 71.5. The Morgan fingerprint density at radius 3 is 0.708 bits per heavy atom. The molecule has 12 heteroatoms. The van der Waals surface area contributed by atoms with Crippen molar-refractivity contribution >= 4 is 245 Å². The molecule has 144 heavy (non-hydrogen) atoms. The van der Waals surface area contributed by atoms with Crippen molar-refractivity contribution in [1.82, 2.24) is 27.4 Å². The number of fused-ring (bicyclic) bond motifs is 28. The zero-order chi connectivity index (χ0) is 94.0. The van der Waals surface area contributed by atoms with Gasteiger partial charge in [-0.25, -0.2) is 0 Å². The first kappa shape index (κ1) is 80.0. The highest BCUT2D eigenvalue weighted by molar-refractivity contribution is 7.01. The third-order valence-electron chi connectivity index (χ3n) is 31.1. The molecule has 6 aromatic heterocycles. The Balaban J connectivity index is 0.000000131. The van der Waals surface area contributed by atoms with Crippen molar-refractivity contribution in [1.29, 1.82) is 0 Å². The van der Waals surface area contributed by atoms with Crippen molar-refractivity contribution in [2.75, 3.05) is 19.6 Å². The van der Waals surface area contributed by atoms with E-state index in [1.165, 1.54) is 176 Å². The lowest BCUT2D eigenvalue weighted by atomic mass is 9.33. The molecule has 0 aliphatic carbocycles. The molecule has 668 valence electrons. The van der Waals surface area contributed by atoms with Crippen LogP contribution in [0.2, 0.25) is 0 Å². The molecule has 10 heterocycles. The highest BCUT2D eigenvalue weighted by Gasteiger charge is 2.46. The van der Waals surface area contributed by atoms with Gasteiger partial charge in [0, 0.05) is 167 Å². The highest BCUT2D eigenvalue weighted by Crippen LogP contribution is 2.52. The summed E-state index contributed by atoms with van der Waals surface area (Å²) in [5.41, 5.74) is 43.0. The van der Waals surface area contributed by atoms with Gasteiger partial charge >= 0.3 is 0 Å². The molecule has 28 aromatic rings. The van der Waals surface area contributed by atoms with Crippen molar-refractivity contribution in [2.45, 2.75) is 0 Å². The van der Waals surface area contributed by atoms with Crippen LogP contribution in [0.25, 0.3) is 165 Å². The number of nitrogens with zero attached hydrogens (tertiary/aromatic N) is 10. The zero-order valence-corrected chi connectivity index (χ0v) is 78.1. The summed E-state index contributed by atoms with van der Waals surface area (Å²) in [5.74, 6) is 0. The second-order valence-electron chi connectivity index (χ2n) is 38.5. The lowest BCUT2D eigenvalue weighted by Crippen LogP contribution is -2.60. The van der Waals surface area contributed by atoms with E-state index in [1.54, 1.807) is 0 Å². The first-order valence-corrected chi connectivity index (χ1v) is 49.8.